The van der Waals surface area contributed by atoms with E-state index in [4.69, 9.17) is 26.7 Å². The van der Waals surface area contributed by atoms with E-state index in [1.165, 1.54) is 21.1 Å². The molecule has 1 saturated heterocycles. The number of rotatable bonds is 6. The average Bonchev–Trinajstić information content (AvgIpc) is 3.40. The molecule has 0 atom stereocenters. The van der Waals surface area contributed by atoms with Gasteiger partial charge in [0.1, 0.15) is 15.8 Å². The van der Waals surface area contributed by atoms with Crippen LogP contribution in [0.4, 0.5) is 5.82 Å². The van der Waals surface area contributed by atoms with Crippen LogP contribution < -0.4 is 20.3 Å². The van der Waals surface area contributed by atoms with Crippen molar-refractivity contribution in [3.05, 3.63) is 68.5 Å². The second-order valence-electron chi connectivity index (χ2n) is 7.95. The van der Waals surface area contributed by atoms with Crippen molar-refractivity contribution >= 4 is 51.7 Å². The van der Waals surface area contributed by atoms with Gasteiger partial charge < -0.3 is 14.8 Å². The van der Waals surface area contributed by atoms with Crippen molar-refractivity contribution in [3.63, 3.8) is 0 Å². The summed E-state index contributed by atoms with van der Waals surface area (Å²) in [4.78, 5) is 33.2. The Hall–Kier alpha value is -3.37. The first-order valence-electron chi connectivity index (χ1n) is 10.9. The molecule has 174 valence electrons. The topological polar surface area (TPSA) is 85.2 Å². The zero-order valence-corrected chi connectivity index (χ0v) is 20.3. The quantitative estimate of drug-likeness (QED) is 0.407. The van der Waals surface area contributed by atoms with Crippen LogP contribution in [0.2, 0.25) is 0 Å². The summed E-state index contributed by atoms with van der Waals surface area (Å²) in [6, 6.07) is 9.26. The van der Waals surface area contributed by atoms with Crippen LogP contribution >= 0.6 is 24.0 Å². The first kappa shape index (κ1) is 22.4. The normalized spacial score (nSPS) is 16.2. The first-order valence-corrected chi connectivity index (χ1v) is 12.1. The van der Waals surface area contributed by atoms with Crippen molar-refractivity contribution in [1.82, 2.24) is 14.3 Å². The molecule has 8 nitrogen and oxygen atoms in total. The molecule has 1 N–H and O–H groups in total. The number of amides is 1. The zero-order valence-electron chi connectivity index (χ0n) is 18.7. The molecule has 0 bridgehead atoms. The van der Waals surface area contributed by atoms with Crippen LogP contribution in [0.3, 0.4) is 0 Å². The maximum atomic E-state index is 13.4. The number of hydrogen-bond donors (Lipinski definition) is 1. The molecule has 0 aliphatic carbocycles. The lowest BCUT2D eigenvalue weighted by Gasteiger charge is -2.15. The lowest BCUT2D eigenvalue weighted by atomic mass is 10.2. The second-order valence-corrected chi connectivity index (χ2v) is 9.62. The SMILES string of the molecule is CCCNc1nc2c(C)cccn2c(=O)c1/C=C1/SC(=S)N(Cc2ccc3c(c2)OCO3)C1=O. The Morgan fingerprint density at radius 1 is 1.24 bits per heavy atom. The molecule has 34 heavy (non-hydrogen) atoms. The number of thiocarbonyl (C=S) groups is 1. The highest BCUT2D eigenvalue weighted by Crippen LogP contribution is 2.36. The number of benzene rings is 1. The van der Waals surface area contributed by atoms with Crippen LogP contribution in [0.5, 0.6) is 11.5 Å². The molecule has 0 spiro atoms. The van der Waals surface area contributed by atoms with Crippen molar-refractivity contribution in [2.24, 2.45) is 0 Å². The molecule has 4 heterocycles. The molecule has 3 aromatic rings. The number of nitrogens with zero attached hydrogens (tertiary/aromatic N) is 3. The summed E-state index contributed by atoms with van der Waals surface area (Å²) in [5.41, 5.74) is 2.43. The van der Waals surface area contributed by atoms with Gasteiger partial charge in [0.15, 0.2) is 11.5 Å². The van der Waals surface area contributed by atoms with Crippen LogP contribution in [0.25, 0.3) is 11.7 Å². The lowest BCUT2D eigenvalue weighted by Crippen LogP contribution is -2.27. The van der Waals surface area contributed by atoms with Crippen molar-refractivity contribution < 1.29 is 14.3 Å². The number of carbonyl (C=O) groups excluding carboxylic acids is 1. The molecular formula is C24H22N4O4S2. The molecule has 0 unspecified atom stereocenters. The van der Waals surface area contributed by atoms with Gasteiger partial charge in [-0.2, -0.15) is 0 Å². The fraction of sp³-hybridized carbons (Fsp3) is 0.250. The molecule has 0 saturated carbocycles. The summed E-state index contributed by atoms with van der Waals surface area (Å²) < 4.78 is 12.7. The summed E-state index contributed by atoms with van der Waals surface area (Å²) >= 11 is 6.68. The standard InChI is InChI=1S/C24H22N4O4S2/c1-3-8-25-20-16(22(29)27-9-4-5-14(2)21(27)26-20)11-19-23(30)28(24(33)34-19)12-15-6-7-17-18(10-15)32-13-31-17/h4-7,9-11,25H,3,8,12-13H2,1-2H3/b19-11+. The Kier molecular flexibility index (Phi) is 6.01. The largest absolute Gasteiger partial charge is 0.454 e. The third kappa shape index (κ3) is 4.03. The Labute approximate surface area is 205 Å². The number of pyridine rings is 1. The van der Waals surface area contributed by atoms with Crippen LogP contribution in [-0.4, -0.2) is 37.8 Å². The molecule has 1 amide bonds. The van der Waals surface area contributed by atoms with Crippen molar-refractivity contribution in [3.8, 4) is 11.5 Å². The van der Waals surface area contributed by atoms with E-state index in [0.717, 1.165) is 17.5 Å². The van der Waals surface area contributed by atoms with Gasteiger partial charge in [0.25, 0.3) is 11.5 Å². The maximum absolute atomic E-state index is 13.4. The minimum absolute atomic E-state index is 0.186. The Morgan fingerprint density at radius 3 is 2.88 bits per heavy atom. The molecule has 0 radical (unpaired) electrons. The zero-order chi connectivity index (χ0) is 23.8. The van der Waals surface area contributed by atoms with E-state index >= 15 is 0 Å². The molecule has 2 aliphatic rings. The van der Waals surface area contributed by atoms with Crippen molar-refractivity contribution in [2.45, 2.75) is 26.8 Å². The number of ether oxygens (including phenoxy) is 2. The Morgan fingerprint density at radius 2 is 2.06 bits per heavy atom. The van der Waals surface area contributed by atoms with Crippen LogP contribution in [0.1, 0.15) is 30.0 Å². The highest BCUT2D eigenvalue weighted by molar-refractivity contribution is 8.26. The fourth-order valence-corrected chi connectivity index (χ4v) is 5.05. The molecule has 5 rings (SSSR count). The third-order valence-corrected chi connectivity index (χ3v) is 6.93. The Balaban J connectivity index is 1.50. The van der Waals surface area contributed by atoms with Gasteiger partial charge in [-0.15, -0.1) is 0 Å². The van der Waals surface area contributed by atoms with E-state index in [2.05, 4.69) is 5.32 Å². The molecule has 1 aromatic carbocycles. The third-order valence-electron chi connectivity index (χ3n) is 5.55. The summed E-state index contributed by atoms with van der Waals surface area (Å²) in [5, 5.41) is 3.24. The van der Waals surface area contributed by atoms with E-state index in [1.807, 2.05) is 38.1 Å². The molecule has 1 fully saturated rings. The summed E-state index contributed by atoms with van der Waals surface area (Å²) in [6.45, 7) is 5.08. The molecular weight excluding hydrogens is 472 g/mol. The number of aromatic nitrogens is 2. The number of thioether (sulfide) groups is 1. The second kappa shape index (κ2) is 9.11. The highest BCUT2D eigenvalue weighted by atomic mass is 32.2. The smallest absolute Gasteiger partial charge is 0.267 e. The molecule has 2 aliphatic heterocycles. The van der Waals surface area contributed by atoms with Gasteiger partial charge in [0.2, 0.25) is 6.79 Å². The van der Waals surface area contributed by atoms with E-state index in [0.29, 0.717) is 50.8 Å². The Bertz CT molecular complexity index is 1420. The van der Waals surface area contributed by atoms with E-state index in [9.17, 15) is 9.59 Å². The van der Waals surface area contributed by atoms with Gasteiger partial charge in [0.05, 0.1) is 17.0 Å². The van der Waals surface area contributed by atoms with E-state index in [-0.39, 0.29) is 18.3 Å². The predicted octanol–water partition coefficient (Wildman–Crippen LogP) is 3.95. The first-order chi connectivity index (χ1) is 16.5. The lowest BCUT2D eigenvalue weighted by molar-refractivity contribution is -0.122. The molecule has 2 aromatic heterocycles. The number of hydrogen-bond acceptors (Lipinski definition) is 8. The van der Waals surface area contributed by atoms with Crippen molar-refractivity contribution in [1.29, 1.82) is 0 Å². The summed E-state index contributed by atoms with van der Waals surface area (Å²) in [6.07, 6.45) is 4.15. The average molecular weight is 495 g/mol. The number of fused-ring (bicyclic) bond motifs is 2. The van der Waals surface area contributed by atoms with E-state index < -0.39 is 0 Å². The van der Waals surface area contributed by atoms with Gasteiger partial charge in [-0.05, 0) is 48.7 Å². The fourth-order valence-electron chi connectivity index (χ4n) is 3.81. The number of nitrogens with one attached hydrogen (secondary N) is 1. The minimum Gasteiger partial charge on any atom is -0.454 e. The van der Waals surface area contributed by atoms with Gasteiger partial charge in [-0.1, -0.05) is 43.0 Å². The van der Waals surface area contributed by atoms with E-state index in [1.54, 1.807) is 18.3 Å². The monoisotopic (exact) mass is 494 g/mol. The highest BCUT2D eigenvalue weighted by Gasteiger charge is 2.33. The predicted molar refractivity (Wildman–Crippen MR) is 136 cm³/mol. The van der Waals surface area contributed by atoms with Gasteiger partial charge >= 0.3 is 0 Å². The van der Waals surface area contributed by atoms with Crippen LogP contribution in [-0.2, 0) is 11.3 Å². The van der Waals surface area contributed by atoms with Crippen LogP contribution in [0, 0.1) is 6.92 Å². The van der Waals surface area contributed by atoms with Gasteiger partial charge in [-0.3, -0.25) is 18.9 Å². The summed E-state index contributed by atoms with van der Waals surface area (Å²) in [7, 11) is 0. The summed E-state index contributed by atoms with van der Waals surface area (Å²) in [5.74, 6) is 1.54. The number of anilines is 1. The maximum Gasteiger partial charge on any atom is 0.267 e. The van der Waals surface area contributed by atoms with Crippen LogP contribution in [0.15, 0.2) is 46.2 Å². The number of aryl methyl sites for hydroxylation is 1. The molecule has 10 heteroatoms. The van der Waals surface area contributed by atoms with Gasteiger partial charge in [-0.25, -0.2) is 4.98 Å². The van der Waals surface area contributed by atoms with Gasteiger partial charge in [0, 0.05) is 12.7 Å². The minimum atomic E-state index is -0.247. The van der Waals surface area contributed by atoms with Crippen molar-refractivity contribution in [2.75, 3.05) is 18.7 Å². The number of carbonyl (C=O) groups is 1.